The van der Waals surface area contributed by atoms with Gasteiger partial charge < -0.3 is 14.2 Å². The first-order valence-corrected chi connectivity index (χ1v) is 13.1. The van der Waals surface area contributed by atoms with Crippen molar-refractivity contribution in [1.82, 2.24) is 4.57 Å². The smallest absolute Gasteiger partial charge is 0.338 e. The molecule has 2 heterocycles. The maximum absolute atomic E-state index is 13.8. The van der Waals surface area contributed by atoms with Crippen LogP contribution >= 0.6 is 11.3 Å². The summed E-state index contributed by atoms with van der Waals surface area (Å²) in [6.45, 7) is 6.89. The number of nitrogens with zero attached hydrogens (tertiary/aromatic N) is 3. The Morgan fingerprint density at radius 1 is 1.20 bits per heavy atom. The van der Waals surface area contributed by atoms with Crippen LogP contribution < -0.4 is 24.4 Å². The number of aromatic nitrogens is 1. The van der Waals surface area contributed by atoms with Crippen LogP contribution in [0.1, 0.15) is 44.9 Å². The van der Waals surface area contributed by atoms with Crippen LogP contribution in [0, 0.1) is 16.0 Å². The van der Waals surface area contributed by atoms with E-state index < -0.39 is 28.5 Å². The van der Waals surface area contributed by atoms with Crippen molar-refractivity contribution in [2.45, 2.75) is 33.7 Å². The highest BCUT2D eigenvalue weighted by molar-refractivity contribution is 7.07. The molecular formula is C28H27N3O8S. The molecular weight excluding hydrogens is 538 g/mol. The molecule has 0 amide bonds. The number of carbonyl (C=O) groups excluding carboxylic acids is 2. The van der Waals surface area contributed by atoms with E-state index in [4.69, 9.17) is 14.2 Å². The molecule has 3 aromatic rings. The summed E-state index contributed by atoms with van der Waals surface area (Å²) in [5.41, 5.74) is 0.625. The number of methoxy groups -OCH3 is 1. The van der Waals surface area contributed by atoms with Crippen molar-refractivity contribution in [3.05, 3.63) is 94.7 Å². The topological polar surface area (TPSA) is 139 Å². The van der Waals surface area contributed by atoms with Crippen LogP contribution in [0.15, 0.2) is 63.5 Å². The molecule has 0 spiro atoms. The van der Waals surface area contributed by atoms with Crippen LogP contribution in [0.2, 0.25) is 0 Å². The Labute approximate surface area is 232 Å². The van der Waals surface area contributed by atoms with Crippen molar-refractivity contribution in [2.75, 3.05) is 13.7 Å². The van der Waals surface area contributed by atoms with E-state index in [0.29, 0.717) is 16.1 Å². The molecule has 4 rings (SSSR count). The number of allylic oxidation sites excluding steroid dienone is 1. The first-order chi connectivity index (χ1) is 19.0. The second-order valence-corrected chi connectivity index (χ2v) is 10.4. The van der Waals surface area contributed by atoms with Gasteiger partial charge in [0, 0.05) is 13.0 Å². The number of hydrogen-bond acceptors (Lipinski definition) is 10. The number of carbonyl (C=O) groups is 2. The Morgan fingerprint density at radius 3 is 2.58 bits per heavy atom. The monoisotopic (exact) mass is 565 g/mol. The zero-order valence-electron chi connectivity index (χ0n) is 22.5. The third-order valence-corrected chi connectivity index (χ3v) is 6.95. The molecule has 0 saturated heterocycles. The molecule has 2 aromatic carbocycles. The van der Waals surface area contributed by atoms with Gasteiger partial charge in [-0.2, -0.15) is 0 Å². The maximum Gasteiger partial charge on any atom is 0.338 e. The second-order valence-electron chi connectivity index (χ2n) is 9.39. The molecule has 1 atom stereocenters. The Bertz CT molecular complexity index is 1720. The molecule has 1 unspecified atom stereocenters. The summed E-state index contributed by atoms with van der Waals surface area (Å²) in [6, 6.07) is 9.86. The fourth-order valence-corrected chi connectivity index (χ4v) is 5.27. The first-order valence-electron chi connectivity index (χ1n) is 12.3. The zero-order chi connectivity index (χ0) is 29.1. The van der Waals surface area contributed by atoms with Crippen LogP contribution in [0.3, 0.4) is 0 Å². The van der Waals surface area contributed by atoms with Gasteiger partial charge in [0.15, 0.2) is 16.3 Å². The molecule has 1 aliphatic heterocycles. The molecule has 0 fully saturated rings. The van der Waals surface area contributed by atoms with Crippen molar-refractivity contribution in [3.8, 4) is 11.5 Å². The van der Waals surface area contributed by atoms with E-state index >= 15 is 0 Å². The van der Waals surface area contributed by atoms with E-state index in [1.807, 2.05) is 13.8 Å². The molecule has 11 nitrogen and oxygen atoms in total. The normalized spacial score (nSPS) is 14.9. The summed E-state index contributed by atoms with van der Waals surface area (Å²) in [5, 5.41) is 11.5. The van der Waals surface area contributed by atoms with E-state index in [9.17, 15) is 24.5 Å². The van der Waals surface area contributed by atoms with Crippen LogP contribution in [-0.2, 0) is 14.3 Å². The van der Waals surface area contributed by atoms with E-state index in [-0.39, 0.29) is 45.4 Å². The molecule has 12 heteroatoms. The van der Waals surface area contributed by atoms with Crippen LogP contribution in [-0.4, -0.2) is 35.1 Å². The summed E-state index contributed by atoms with van der Waals surface area (Å²) < 4.78 is 17.8. The van der Waals surface area contributed by atoms with Gasteiger partial charge in [-0.25, -0.2) is 9.79 Å². The van der Waals surface area contributed by atoms with Gasteiger partial charge in [-0.3, -0.25) is 24.3 Å². The summed E-state index contributed by atoms with van der Waals surface area (Å²) in [6.07, 6.45) is 1.44. The van der Waals surface area contributed by atoms with Gasteiger partial charge in [0.2, 0.25) is 0 Å². The number of para-hydroxylation sites is 1. The van der Waals surface area contributed by atoms with Crippen LogP contribution in [0.4, 0.5) is 5.69 Å². The quantitative estimate of drug-likeness (QED) is 0.176. The standard InChI is InChI=1S/C28H27N3O8S/c1-15(2)14-38-27(34)24-16(3)29-28-30(25(24)19-10-11-21(39-17(4)32)22(12-19)37-5)26(33)23(40-28)13-18-8-6-7-9-20(18)31(35)36/h6-13,15,25H,14H2,1-5H3/b23-13+. The minimum atomic E-state index is -0.955. The highest BCUT2D eigenvalue weighted by atomic mass is 32.1. The number of thiazole rings is 1. The minimum Gasteiger partial charge on any atom is -0.493 e. The number of esters is 2. The van der Waals surface area contributed by atoms with Gasteiger partial charge in [-0.1, -0.05) is 43.4 Å². The van der Waals surface area contributed by atoms with E-state index in [0.717, 1.165) is 11.3 Å². The van der Waals surface area contributed by atoms with Crippen LogP contribution in [0.5, 0.6) is 11.5 Å². The molecule has 1 aromatic heterocycles. The third kappa shape index (κ3) is 5.71. The van der Waals surface area contributed by atoms with Gasteiger partial charge in [-0.05, 0) is 42.7 Å². The van der Waals surface area contributed by atoms with Gasteiger partial charge >= 0.3 is 11.9 Å². The Hall–Kier alpha value is -4.58. The Morgan fingerprint density at radius 2 is 1.93 bits per heavy atom. The molecule has 0 aliphatic carbocycles. The van der Waals surface area contributed by atoms with E-state index in [1.54, 1.807) is 37.3 Å². The number of benzene rings is 2. The summed E-state index contributed by atoms with van der Waals surface area (Å²) in [4.78, 5) is 54.6. The van der Waals surface area contributed by atoms with E-state index in [2.05, 4.69) is 4.99 Å². The lowest BCUT2D eigenvalue weighted by atomic mass is 9.95. The van der Waals surface area contributed by atoms with E-state index in [1.165, 1.54) is 36.8 Å². The highest BCUT2D eigenvalue weighted by Crippen LogP contribution is 2.36. The van der Waals surface area contributed by atoms with Crippen molar-refractivity contribution >= 4 is 35.0 Å². The predicted octanol–water partition coefficient (Wildman–Crippen LogP) is 3.28. The third-order valence-electron chi connectivity index (χ3n) is 5.97. The lowest BCUT2D eigenvalue weighted by Crippen LogP contribution is -2.40. The van der Waals surface area contributed by atoms with Crippen LogP contribution in [0.25, 0.3) is 6.08 Å². The molecule has 40 heavy (non-hydrogen) atoms. The van der Waals surface area contributed by atoms with Crippen molar-refractivity contribution < 1.29 is 28.7 Å². The number of rotatable bonds is 8. The largest absolute Gasteiger partial charge is 0.493 e. The van der Waals surface area contributed by atoms with Gasteiger partial charge in [0.05, 0.1) is 46.0 Å². The molecule has 0 bridgehead atoms. The number of nitro benzene ring substituents is 1. The fraction of sp³-hybridized carbons (Fsp3) is 0.286. The lowest BCUT2D eigenvalue weighted by Gasteiger charge is -2.25. The van der Waals surface area contributed by atoms with Crippen molar-refractivity contribution in [1.29, 1.82) is 0 Å². The number of hydrogen-bond donors (Lipinski definition) is 0. The zero-order valence-corrected chi connectivity index (χ0v) is 23.3. The van der Waals surface area contributed by atoms with Gasteiger partial charge in [-0.15, -0.1) is 0 Å². The molecule has 0 radical (unpaired) electrons. The highest BCUT2D eigenvalue weighted by Gasteiger charge is 2.34. The Kier molecular flexibility index (Phi) is 8.29. The summed E-state index contributed by atoms with van der Waals surface area (Å²) in [7, 11) is 1.41. The second kappa shape index (κ2) is 11.7. The van der Waals surface area contributed by atoms with Gasteiger partial charge in [0.25, 0.3) is 11.2 Å². The summed E-state index contributed by atoms with van der Waals surface area (Å²) in [5.74, 6) is -0.695. The minimum absolute atomic E-state index is 0.0780. The molecule has 0 N–H and O–H groups in total. The lowest BCUT2D eigenvalue weighted by molar-refractivity contribution is -0.385. The summed E-state index contributed by atoms with van der Waals surface area (Å²) >= 11 is 1.05. The Balaban J connectivity index is 1.95. The van der Waals surface area contributed by atoms with Gasteiger partial charge in [0.1, 0.15) is 0 Å². The van der Waals surface area contributed by atoms with Crippen molar-refractivity contribution in [3.63, 3.8) is 0 Å². The average Bonchev–Trinajstić information content (AvgIpc) is 3.20. The number of nitro groups is 1. The number of ether oxygens (including phenoxy) is 3. The average molecular weight is 566 g/mol. The SMILES string of the molecule is COc1cc(C2C(C(=O)OCC(C)C)=C(C)N=c3s/c(=C/c4ccccc4[N+](=O)[O-])c(=O)n32)ccc1OC(C)=O. The molecule has 208 valence electrons. The molecule has 0 saturated carbocycles. The molecule has 1 aliphatic rings. The fourth-order valence-electron chi connectivity index (χ4n) is 4.23. The number of fused-ring (bicyclic) bond motifs is 1. The predicted molar refractivity (Wildman–Crippen MR) is 147 cm³/mol. The van der Waals surface area contributed by atoms with Crippen molar-refractivity contribution in [2.24, 2.45) is 10.9 Å². The first kappa shape index (κ1) is 28.4. The maximum atomic E-state index is 13.8.